The van der Waals surface area contributed by atoms with Crippen LogP contribution in [0.25, 0.3) is 22.5 Å². The van der Waals surface area contributed by atoms with Crippen LogP contribution in [0.4, 0.5) is 5.95 Å². The molecular weight excluding hydrogens is 456 g/mol. The largest absolute Gasteiger partial charge is 0.366 e. The van der Waals surface area contributed by atoms with Crippen LogP contribution in [-0.4, -0.2) is 55.2 Å². The first-order chi connectivity index (χ1) is 16.5. The zero-order chi connectivity index (χ0) is 23.7. The van der Waals surface area contributed by atoms with Crippen molar-refractivity contribution in [3.05, 3.63) is 47.5 Å². The van der Waals surface area contributed by atoms with Crippen molar-refractivity contribution in [3.63, 3.8) is 0 Å². The number of nitrogen functional groups attached to an aromatic ring is 1. The third-order valence-corrected chi connectivity index (χ3v) is 7.37. The van der Waals surface area contributed by atoms with E-state index in [9.17, 15) is 8.42 Å². The van der Waals surface area contributed by atoms with Crippen molar-refractivity contribution in [2.45, 2.75) is 23.9 Å². The first kappa shape index (κ1) is 22.3. The van der Waals surface area contributed by atoms with Crippen LogP contribution in [0.5, 0.6) is 0 Å². The van der Waals surface area contributed by atoms with Gasteiger partial charge < -0.3 is 16.8 Å². The maximum Gasteiger partial charge on any atom is 0.241 e. The van der Waals surface area contributed by atoms with Crippen LogP contribution < -0.4 is 21.5 Å². The normalized spacial score (nSPS) is 17.9. The number of anilines is 1. The number of azo groups is 1. The summed E-state index contributed by atoms with van der Waals surface area (Å²) in [5.74, 6) is 1.02. The minimum Gasteiger partial charge on any atom is -0.366 e. The van der Waals surface area contributed by atoms with E-state index in [1.54, 1.807) is 12.1 Å². The van der Waals surface area contributed by atoms with Gasteiger partial charge in [-0.1, -0.05) is 24.3 Å². The molecule has 3 aromatic rings. The van der Waals surface area contributed by atoms with Crippen molar-refractivity contribution in [2.75, 3.05) is 25.5 Å². The van der Waals surface area contributed by atoms with Gasteiger partial charge in [-0.05, 0) is 41.8 Å². The summed E-state index contributed by atoms with van der Waals surface area (Å²) >= 11 is 0. The highest BCUT2D eigenvalue weighted by atomic mass is 32.2. The van der Waals surface area contributed by atoms with Gasteiger partial charge in [-0.25, -0.2) is 18.1 Å². The second-order valence-corrected chi connectivity index (χ2v) is 9.65. The highest BCUT2D eigenvalue weighted by molar-refractivity contribution is 7.89. The fraction of sp³-hybridized carbons (Fsp3) is 0.286. The van der Waals surface area contributed by atoms with E-state index in [-0.39, 0.29) is 30.1 Å². The number of nitrogens with one attached hydrogen (secondary N) is 3. The molecule has 0 unspecified atom stereocenters. The zero-order valence-electron chi connectivity index (χ0n) is 18.2. The lowest BCUT2D eigenvalue weighted by Gasteiger charge is -2.19. The molecule has 5 rings (SSSR count). The molecule has 3 heterocycles. The predicted molar refractivity (Wildman–Crippen MR) is 127 cm³/mol. The topological polar surface area (TPSA) is 189 Å². The van der Waals surface area contributed by atoms with Gasteiger partial charge in [-0.3, -0.25) is 5.10 Å². The minimum atomic E-state index is -3.82. The Morgan fingerprint density at radius 3 is 2.71 bits per heavy atom. The van der Waals surface area contributed by atoms with E-state index in [1.807, 2.05) is 24.3 Å². The highest BCUT2D eigenvalue weighted by Gasteiger charge is 2.29. The molecule has 2 aliphatic heterocycles. The number of benzene rings is 2. The van der Waals surface area contributed by atoms with E-state index in [4.69, 9.17) is 11.5 Å². The van der Waals surface area contributed by atoms with Crippen LogP contribution in [0.1, 0.15) is 17.5 Å². The summed E-state index contributed by atoms with van der Waals surface area (Å²) in [4.78, 5) is 8.67. The number of H-pyrrole nitrogens is 1. The summed E-state index contributed by atoms with van der Waals surface area (Å²) in [6.07, 6.45) is 0.724. The maximum atomic E-state index is 13.3. The van der Waals surface area contributed by atoms with Crippen molar-refractivity contribution in [1.29, 1.82) is 0 Å². The minimum absolute atomic E-state index is 0.0186. The van der Waals surface area contributed by atoms with Gasteiger partial charge in [-0.2, -0.15) is 10.1 Å². The Balaban J connectivity index is 1.65. The van der Waals surface area contributed by atoms with E-state index in [2.05, 4.69) is 40.4 Å². The van der Waals surface area contributed by atoms with Gasteiger partial charge in [0.15, 0.2) is 18.3 Å². The van der Waals surface area contributed by atoms with Crippen LogP contribution in [0.2, 0.25) is 0 Å². The van der Waals surface area contributed by atoms with Crippen LogP contribution in [0.15, 0.2) is 56.5 Å². The van der Waals surface area contributed by atoms with Crippen molar-refractivity contribution in [1.82, 2.24) is 25.2 Å². The molecular formula is C21H24N10O2S. The fourth-order valence-electron chi connectivity index (χ4n) is 4.21. The highest BCUT2D eigenvalue weighted by Crippen LogP contribution is 2.34. The summed E-state index contributed by atoms with van der Waals surface area (Å²) in [5, 5.41) is 18.0. The lowest BCUT2D eigenvalue weighted by atomic mass is 9.93. The number of nitrogens with two attached hydrogens (primary N) is 2. The number of aliphatic imine (C=N–C) groups is 1. The molecule has 1 fully saturated rings. The van der Waals surface area contributed by atoms with Crippen LogP contribution >= 0.6 is 0 Å². The van der Waals surface area contributed by atoms with Crippen LogP contribution in [0.3, 0.4) is 0 Å². The SMILES string of the molecule is NCc1c(S(=O)(=O)N[C@@H]2CCNC2)ccc(-c2cccc(-c3nc(N)n[nH]3)c2)c1C1=NCN=N1. The summed E-state index contributed by atoms with van der Waals surface area (Å²) in [7, 11) is -3.82. The first-order valence-corrected chi connectivity index (χ1v) is 12.2. The average Bonchev–Trinajstić information content (AvgIpc) is 3.61. The lowest BCUT2D eigenvalue weighted by Crippen LogP contribution is -2.37. The molecule has 2 aromatic carbocycles. The Hall–Kier alpha value is -3.52. The smallest absolute Gasteiger partial charge is 0.241 e. The molecule has 0 aliphatic carbocycles. The summed E-state index contributed by atoms with van der Waals surface area (Å²) in [6, 6.07) is 10.7. The molecule has 0 saturated carbocycles. The molecule has 0 bridgehead atoms. The second kappa shape index (κ2) is 9.02. The monoisotopic (exact) mass is 480 g/mol. The molecule has 176 valence electrons. The summed E-state index contributed by atoms with van der Waals surface area (Å²) in [5.41, 5.74) is 15.1. The molecule has 13 heteroatoms. The summed E-state index contributed by atoms with van der Waals surface area (Å²) < 4.78 is 29.4. The van der Waals surface area contributed by atoms with E-state index in [0.717, 1.165) is 29.7 Å². The van der Waals surface area contributed by atoms with Crippen LogP contribution in [-0.2, 0) is 16.6 Å². The molecule has 2 aliphatic rings. The number of rotatable bonds is 7. The molecule has 12 nitrogen and oxygen atoms in total. The zero-order valence-corrected chi connectivity index (χ0v) is 19.0. The number of amidine groups is 1. The molecule has 0 amide bonds. The number of hydrogen-bond donors (Lipinski definition) is 5. The van der Waals surface area contributed by atoms with Gasteiger partial charge in [-0.15, -0.1) is 10.2 Å². The standard InChI is InChI=1S/C21H24N10O2S/c22-9-16-17(34(32,33)31-14-6-7-24-10-14)5-4-15(18(16)20-25-11-26-28-20)12-2-1-3-13(8-12)19-27-21(23)30-29-19/h1-5,8,14,24,31H,6-7,9-11,22H2,(H3,23,27,29,30)/t14-/m1/s1. The maximum absolute atomic E-state index is 13.3. The molecule has 34 heavy (non-hydrogen) atoms. The van der Waals surface area contributed by atoms with Crippen LogP contribution in [0, 0.1) is 0 Å². The van der Waals surface area contributed by atoms with E-state index in [1.165, 1.54) is 0 Å². The van der Waals surface area contributed by atoms with E-state index < -0.39 is 10.0 Å². The van der Waals surface area contributed by atoms with Gasteiger partial charge in [0.25, 0.3) is 0 Å². The fourth-order valence-corrected chi connectivity index (χ4v) is 5.74. The number of nitrogens with zero attached hydrogens (tertiary/aromatic N) is 5. The Kier molecular flexibility index (Phi) is 5.91. The molecule has 0 radical (unpaired) electrons. The van der Waals surface area contributed by atoms with E-state index in [0.29, 0.717) is 29.3 Å². The van der Waals surface area contributed by atoms with Gasteiger partial charge in [0, 0.05) is 30.3 Å². The van der Waals surface area contributed by atoms with Crippen molar-refractivity contribution < 1.29 is 8.42 Å². The third kappa shape index (κ3) is 4.21. The number of aromatic nitrogens is 3. The number of hydrogen-bond acceptors (Lipinski definition) is 10. The van der Waals surface area contributed by atoms with Gasteiger partial charge in [0.05, 0.1) is 4.90 Å². The van der Waals surface area contributed by atoms with Crippen molar-refractivity contribution >= 4 is 21.8 Å². The predicted octanol–water partition coefficient (Wildman–Crippen LogP) is 0.990. The van der Waals surface area contributed by atoms with Gasteiger partial charge in [0.1, 0.15) is 0 Å². The number of aromatic amines is 1. The Morgan fingerprint density at radius 1 is 1.18 bits per heavy atom. The average molecular weight is 481 g/mol. The Bertz CT molecular complexity index is 1390. The lowest BCUT2D eigenvalue weighted by molar-refractivity contribution is 0.559. The Labute approximate surface area is 196 Å². The summed E-state index contributed by atoms with van der Waals surface area (Å²) in [6.45, 7) is 1.52. The number of sulfonamides is 1. The quantitative estimate of drug-likeness (QED) is 0.333. The molecule has 1 atom stereocenters. The molecule has 7 N–H and O–H groups in total. The molecule has 0 spiro atoms. The van der Waals surface area contributed by atoms with Gasteiger partial charge in [0.2, 0.25) is 16.0 Å². The molecule has 1 saturated heterocycles. The van der Waals surface area contributed by atoms with E-state index >= 15 is 0 Å². The molecule has 1 aromatic heterocycles. The van der Waals surface area contributed by atoms with Crippen molar-refractivity contribution in [3.8, 4) is 22.5 Å². The Morgan fingerprint density at radius 2 is 2.03 bits per heavy atom. The third-order valence-electron chi connectivity index (χ3n) is 5.77. The van der Waals surface area contributed by atoms with Gasteiger partial charge >= 0.3 is 0 Å². The van der Waals surface area contributed by atoms with Crippen molar-refractivity contribution in [2.24, 2.45) is 21.0 Å². The second-order valence-electron chi connectivity index (χ2n) is 7.97. The first-order valence-electron chi connectivity index (χ1n) is 10.8.